The number of aromatic amines is 1. The largest absolute Gasteiger partial charge is 0.493 e. The van der Waals surface area contributed by atoms with Crippen molar-refractivity contribution in [2.75, 3.05) is 14.2 Å². The lowest BCUT2D eigenvalue weighted by molar-refractivity contribution is -0.135. The standard InChI is InChI=1S/C26H30N4O5/c1-25(2)16(22-28-17-8-6-7-9-18(17)29-22)12-13-26(25,3)24(33)30-27-14-15-10-11-19(34-4)21(35-5)20(15)23(31)32/h6-11,14,16H,12-13H2,1-5H3,(H,28,29)(H,30,33)(H,31,32)/b27-14-/t16-,26-/m0/s1. The highest BCUT2D eigenvalue weighted by atomic mass is 16.5. The molecular weight excluding hydrogens is 448 g/mol. The van der Waals surface area contributed by atoms with Crippen molar-refractivity contribution in [3.05, 3.63) is 53.3 Å². The molecule has 4 rings (SSSR count). The molecule has 0 saturated heterocycles. The minimum Gasteiger partial charge on any atom is -0.493 e. The van der Waals surface area contributed by atoms with E-state index in [0.717, 1.165) is 23.3 Å². The fraction of sp³-hybridized carbons (Fsp3) is 0.385. The summed E-state index contributed by atoms with van der Waals surface area (Å²) >= 11 is 0. The Hall–Kier alpha value is -3.88. The third-order valence-electron chi connectivity index (χ3n) is 7.63. The molecule has 9 nitrogen and oxygen atoms in total. The number of carbonyl (C=O) groups is 2. The van der Waals surface area contributed by atoms with Crippen LogP contribution in [0.15, 0.2) is 41.5 Å². The summed E-state index contributed by atoms with van der Waals surface area (Å²) in [7, 11) is 2.80. The van der Waals surface area contributed by atoms with E-state index in [1.165, 1.54) is 20.4 Å². The Morgan fingerprint density at radius 3 is 2.57 bits per heavy atom. The Bertz CT molecular complexity index is 1280. The Morgan fingerprint density at radius 2 is 1.91 bits per heavy atom. The normalized spacial score (nSPS) is 21.3. The first kappa shape index (κ1) is 24.3. The zero-order valence-electron chi connectivity index (χ0n) is 20.5. The predicted molar refractivity (Wildman–Crippen MR) is 132 cm³/mol. The fourth-order valence-electron chi connectivity index (χ4n) is 5.08. The molecule has 184 valence electrons. The number of imidazole rings is 1. The van der Waals surface area contributed by atoms with E-state index in [1.54, 1.807) is 12.1 Å². The van der Waals surface area contributed by atoms with Gasteiger partial charge in [-0.15, -0.1) is 0 Å². The minimum atomic E-state index is -1.19. The maximum atomic E-state index is 13.3. The number of hydrogen-bond acceptors (Lipinski definition) is 6. The number of carboxylic acid groups (broad SMARTS) is 1. The van der Waals surface area contributed by atoms with Crippen LogP contribution in [-0.2, 0) is 4.79 Å². The summed E-state index contributed by atoms with van der Waals surface area (Å²) < 4.78 is 10.4. The quantitative estimate of drug-likeness (QED) is 0.343. The second-order valence-electron chi connectivity index (χ2n) is 9.55. The molecule has 0 aliphatic heterocycles. The number of methoxy groups -OCH3 is 2. The summed E-state index contributed by atoms with van der Waals surface area (Å²) in [5, 5.41) is 13.8. The van der Waals surface area contributed by atoms with Crippen molar-refractivity contribution >= 4 is 29.1 Å². The monoisotopic (exact) mass is 478 g/mol. The molecular formula is C26H30N4O5. The Labute approximate surface area is 203 Å². The first-order valence-electron chi connectivity index (χ1n) is 11.4. The van der Waals surface area contributed by atoms with Gasteiger partial charge in [0.2, 0.25) is 5.91 Å². The number of carbonyl (C=O) groups excluding carboxylic acids is 1. The summed E-state index contributed by atoms with van der Waals surface area (Å²) in [5.74, 6) is -0.0803. The van der Waals surface area contributed by atoms with Crippen molar-refractivity contribution in [1.82, 2.24) is 15.4 Å². The van der Waals surface area contributed by atoms with Crippen LogP contribution >= 0.6 is 0 Å². The van der Waals surface area contributed by atoms with Crippen LogP contribution in [0.2, 0.25) is 0 Å². The minimum absolute atomic E-state index is 0.0686. The van der Waals surface area contributed by atoms with Gasteiger partial charge >= 0.3 is 5.97 Å². The Balaban J connectivity index is 1.56. The van der Waals surface area contributed by atoms with Gasteiger partial charge in [-0.3, -0.25) is 4.79 Å². The molecule has 1 heterocycles. The number of rotatable bonds is 7. The van der Waals surface area contributed by atoms with Crippen LogP contribution in [0.5, 0.6) is 11.5 Å². The molecule has 0 bridgehead atoms. The third kappa shape index (κ3) is 4.00. The number of benzene rings is 2. The maximum absolute atomic E-state index is 13.3. The number of hydrogen-bond donors (Lipinski definition) is 3. The highest BCUT2D eigenvalue weighted by Gasteiger charge is 2.57. The van der Waals surface area contributed by atoms with E-state index in [1.807, 2.05) is 31.2 Å². The SMILES string of the molecule is COc1ccc(/C=N\NC(=O)[C@]2(C)CC[C@@H](c3nc4ccccc4[nH]3)C2(C)C)c(C(=O)O)c1OC. The van der Waals surface area contributed by atoms with E-state index in [9.17, 15) is 14.7 Å². The van der Waals surface area contributed by atoms with Crippen molar-refractivity contribution in [3.63, 3.8) is 0 Å². The van der Waals surface area contributed by atoms with E-state index < -0.39 is 16.8 Å². The number of nitrogens with one attached hydrogen (secondary N) is 2. The third-order valence-corrected chi connectivity index (χ3v) is 7.63. The number of amides is 1. The molecule has 1 fully saturated rings. The summed E-state index contributed by atoms with van der Waals surface area (Å²) in [6, 6.07) is 11.0. The van der Waals surface area contributed by atoms with E-state index in [2.05, 4.69) is 29.4 Å². The first-order valence-corrected chi connectivity index (χ1v) is 11.4. The number of carboxylic acids is 1. The number of aromatic carboxylic acids is 1. The molecule has 9 heteroatoms. The summed E-state index contributed by atoms with van der Waals surface area (Å²) in [4.78, 5) is 33.4. The highest BCUT2D eigenvalue weighted by molar-refractivity contribution is 6.02. The Morgan fingerprint density at radius 1 is 1.17 bits per heavy atom. The zero-order valence-corrected chi connectivity index (χ0v) is 20.5. The average Bonchev–Trinajstić information content (AvgIpc) is 3.36. The topological polar surface area (TPSA) is 126 Å². The molecule has 1 aliphatic rings. The van der Waals surface area contributed by atoms with Gasteiger partial charge in [0.15, 0.2) is 11.5 Å². The van der Waals surface area contributed by atoms with Crippen molar-refractivity contribution < 1.29 is 24.2 Å². The average molecular weight is 479 g/mol. The van der Waals surface area contributed by atoms with Gasteiger partial charge in [-0.25, -0.2) is 15.2 Å². The summed E-state index contributed by atoms with van der Waals surface area (Å²) in [6.07, 6.45) is 2.78. The molecule has 0 spiro atoms. The van der Waals surface area contributed by atoms with Crippen LogP contribution < -0.4 is 14.9 Å². The molecule has 1 aliphatic carbocycles. The van der Waals surface area contributed by atoms with E-state index in [-0.39, 0.29) is 28.7 Å². The molecule has 0 unspecified atom stereocenters. The zero-order chi connectivity index (χ0) is 25.4. The smallest absolute Gasteiger partial charge is 0.340 e. The molecule has 3 aromatic rings. The summed E-state index contributed by atoms with van der Waals surface area (Å²) in [5.41, 5.74) is 3.59. The van der Waals surface area contributed by atoms with Gasteiger partial charge < -0.3 is 19.6 Å². The predicted octanol–water partition coefficient (Wildman–Crippen LogP) is 4.34. The number of nitrogens with zero attached hydrogens (tertiary/aromatic N) is 2. The second kappa shape index (κ2) is 9.05. The van der Waals surface area contributed by atoms with Gasteiger partial charge in [-0.1, -0.05) is 32.9 Å². The lowest BCUT2D eigenvalue weighted by atomic mass is 9.65. The van der Waals surface area contributed by atoms with Crippen LogP contribution in [0.3, 0.4) is 0 Å². The number of H-pyrrole nitrogens is 1. The van der Waals surface area contributed by atoms with E-state index in [4.69, 9.17) is 14.5 Å². The number of para-hydroxylation sites is 2. The van der Waals surface area contributed by atoms with Crippen LogP contribution in [0.25, 0.3) is 11.0 Å². The van der Waals surface area contributed by atoms with Crippen molar-refractivity contribution in [2.45, 2.75) is 39.5 Å². The maximum Gasteiger partial charge on any atom is 0.340 e. The molecule has 0 radical (unpaired) electrons. The van der Waals surface area contributed by atoms with Crippen LogP contribution in [0.1, 0.15) is 61.3 Å². The molecule has 35 heavy (non-hydrogen) atoms. The van der Waals surface area contributed by atoms with Gasteiger partial charge in [0, 0.05) is 11.5 Å². The molecule has 2 aromatic carbocycles. The molecule has 3 N–H and O–H groups in total. The van der Waals surface area contributed by atoms with E-state index in [0.29, 0.717) is 12.2 Å². The van der Waals surface area contributed by atoms with Gasteiger partial charge in [0.05, 0.1) is 36.9 Å². The number of aromatic nitrogens is 2. The fourth-order valence-corrected chi connectivity index (χ4v) is 5.08. The van der Waals surface area contributed by atoms with Crippen LogP contribution in [-0.4, -0.2) is 47.4 Å². The molecule has 1 saturated carbocycles. The molecule has 1 amide bonds. The lowest BCUT2D eigenvalue weighted by Gasteiger charge is -2.39. The van der Waals surface area contributed by atoms with Crippen molar-refractivity contribution in [1.29, 1.82) is 0 Å². The highest BCUT2D eigenvalue weighted by Crippen LogP contribution is 2.59. The van der Waals surface area contributed by atoms with Crippen molar-refractivity contribution in [3.8, 4) is 11.5 Å². The molecule has 1 aromatic heterocycles. The number of ether oxygens (including phenoxy) is 2. The number of fused-ring (bicyclic) bond motifs is 1. The van der Waals surface area contributed by atoms with Crippen LogP contribution in [0.4, 0.5) is 0 Å². The van der Waals surface area contributed by atoms with Gasteiger partial charge in [-0.05, 0) is 42.5 Å². The van der Waals surface area contributed by atoms with E-state index >= 15 is 0 Å². The van der Waals surface area contributed by atoms with Gasteiger partial charge in [0.25, 0.3) is 0 Å². The van der Waals surface area contributed by atoms with Gasteiger partial charge in [0.1, 0.15) is 11.4 Å². The first-order chi connectivity index (χ1) is 16.6. The lowest BCUT2D eigenvalue weighted by Crippen LogP contribution is -2.45. The van der Waals surface area contributed by atoms with Gasteiger partial charge in [-0.2, -0.15) is 5.10 Å². The number of hydrazone groups is 1. The Kier molecular flexibility index (Phi) is 6.27. The van der Waals surface area contributed by atoms with Crippen molar-refractivity contribution in [2.24, 2.45) is 15.9 Å². The molecule has 2 atom stereocenters. The second-order valence-corrected chi connectivity index (χ2v) is 9.55. The summed E-state index contributed by atoms with van der Waals surface area (Å²) in [6.45, 7) is 6.11. The van der Waals surface area contributed by atoms with Crippen LogP contribution in [0, 0.1) is 10.8 Å².